The fourth-order valence-electron chi connectivity index (χ4n) is 0.204. The number of ether oxygens (including phenoxy) is 1. The molecule has 0 bridgehead atoms. The van der Waals surface area contributed by atoms with E-state index in [0.717, 1.165) is 13.2 Å². The Balaban J connectivity index is 0. The molecule has 0 atom stereocenters. The largest absolute Gasteiger partial charge is 0.382 e. The van der Waals surface area contributed by atoms with E-state index in [-0.39, 0.29) is 0 Å². The van der Waals surface area contributed by atoms with Crippen LogP contribution in [0, 0.1) is 0 Å². The zero-order valence-corrected chi connectivity index (χ0v) is 11.9. The van der Waals surface area contributed by atoms with Crippen molar-refractivity contribution in [1.29, 1.82) is 0 Å². The van der Waals surface area contributed by atoms with E-state index in [0.29, 0.717) is 18.8 Å². The first-order chi connectivity index (χ1) is 4.41. The van der Waals surface area contributed by atoms with Crippen LogP contribution >= 0.6 is 0 Å². The van der Waals surface area contributed by atoms with Crippen molar-refractivity contribution in [3.63, 3.8) is 0 Å². The van der Waals surface area contributed by atoms with Gasteiger partial charge in [0.2, 0.25) is 0 Å². The molecule has 3 nitrogen and oxygen atoms in total. The fourth-order valence-corrected chi connectivity index (χ4v) is 0.204. The van der Waals surface area contributed by atoms with E-state index in [1.807, 2.05) is 13.8 Å². The molecule has 0 saturated carbocycles. The Morgan fingerprint density at radius 1 is 1.20 bits per heavy atom. The Morgan fingerprint density at radius 3 is 1.40 bits per heavy atom. The van der Waals surface area contributed by atoms with E-state index >= 15 is 0 Å². The minimum absolute atomic E-state index is 0.342. The summed E-state index contributed by atoms with van der Waals surface area (Å²) in [6.07, 6.45) is 0. The average Bonchev–Trinajstić information content (AvgIpc) is 1.63. The molecule has 0 heterocycles. The molecule has 0 radical (unpaired) electrons. The molecular formula is C4H16O3SSi2. The van der Waals surface area contributed by atoms with Gasteiger partial charge in [0.25, 0.3) is 0 Å². The third kappa shape index (κ3) is 81.9. The molecule has 0 aromatic heterocycles. The molecule has 64 valence electrons. The lowest BCUT2D eigenvalue weighted by Crippen LogP contribution is -1.92. The molecular weight excluding hydrogens is 184 g/mol. The van der Waals surface area contributed by atoms with Gasteiger partial charge in [0, 0.05) is 13.2 Å². The zero-order valence-electron chi connectivity index (χ0n) is 7.05. The Labute approximate surface area is 68.2 Å². The summed E-state index contributed by atoms with van der Waals surface area (Å²) in [6.45, 7) is 5.67. The first-order valence-electron chi connectivity index (χ1n) is 3.14. The normalized spacial score (nSPS) is 10.6. The van der Waals surface area contributed by atoms with E-state index in [1.54, 1.807) is 0 Å². The van der Waals surface area contributed by atoms with Gasteiger partial charge in [-0.15, -0.1) is 0 Å². The zero-order chi connectivity index (χ0) is 8.62. The molecule has 0 aliphatic heterocycles. The summed E-state index contributed by atoms with van der Waals surface area (Å²) in [6, 6.07) is 0. The van der Waals surface area contributed by atoms with Crippen LogP contribution in [0.3, 0.4) is 0 Å². The third-order valence-corrected chi connectivity index (χ3v) is 0.408. The van der Waals surface area contributed by atoms with Crippen LogP contribution in [0.5, 0.6) is 0 Å². The lowest BCUT2D eigenvalue weighted by Gasteiger charge is -1.86. The summed E-state index contributed by atoms with van der Waals surface area (Å²) < 4.78 is 24.3. The molecule has 0 rings (SSSR count). The SMILES string of the molecule is CCOCC.O=S(=O)([SiH3])[SiH3]. The average molecular weight is 200 g/mol. The highest BCUT2D eigenvalue weighted by Gasteiger charge is 1.79. The van der Waals surface area contributed by atoms with Crippen molar-refractivity contribution >= 4 is 27.5 Å². The highest BCUT2D eigenvalue weighted by Crippen LogP contribution is 1.64. The van der Waals surface area contributed by atoms with Crippen molar-refractivity contribution < 1.29 is 13.2 Å². The minimum atomic E-state index is -2.39. The van der Waals surface area contributed by atoms with Gasteiger partial charge in [0.05, 0.1) is 8.74 Å². The molecule has 0 unspecified atom stereocenters. The Morgan fingerprint density at radius 2 is 1.40 bits per heavy atom. The maximum Gasteiger partial charge on any atom is 0.139 e. The topological polar surface area (TPSA) is 43.4 Å². The van der Waals surface area contributed by atoms with Crippen LogP contribution in [-0.2, 0) is 13.5 Å². The molecule has 0 aliphatic carbocycles. The maximum absolute atomic E-state index is 9.76. The highest BCUT2D eigenvalue weighted by atomic mass is 32.6. The monoisotopic (exact) mass is 200 g/mol. The Bertz CT molecular complexity index is 133. The predicted octanol–water partition coefficient (Wildman–Crippen LogP) is -2.00. The van der Waals surface area contributed by atoms with Crippen molar-refractivity contribution in [3.8, 4) is 0 Å². The van der Waals surface area contributed by atoms with Crippen LogP contribution in [0.4, 0.5) is 0 Å². The molecule has 0 spiro atoms. The quantitative estimate of drug-likeness (QED) is 0.485. The summed E-state index contributed by atoms with van der Waals surface area (Å²) in [5.41, 5.74) is 0. The van der Waals surface area contributed by atoms with Crippen LogP contribution < -0.4 is 0 Å². The van der Waals surface area contributed by atoms with Crippen LogP contribution in [0.15, 0.2) is 0 Å². The van der Waals surface area contributed by atoms with Crippen LogP contribution in [-0.4, -0.2) is 40.4 Å². The summed E-state index contributed by atoms with van der Waals surface area (Å²) in [4.78, 5) is 0. The van der Waals surface area contributed by atoms with Crippen molar-refractivity contribution in [2.75, 3.05) is 13.2 Å². The first-order valence-corrected chi connectivity index (χ1v) is 10.3. The smallest absolute Gasteiger partial charge is 0.139 e. The maximum atomic E-state index is 9.76. The standard InChI is InChI=1S/C4H10O.H6O2SSi2/c1-3-5-4-2;1-3(2,4)5/h3-4H2,1-2H3;4-5H3. The van der Waals surface area contributed by atoms with Crippen molar-refractivity contribution in [1.82, 2.24) is 0 Å². The lowest BCUT2D eigenvalue weighted by molar-refractivity contribution is 0.162. The van der Waals surface area contributed by atoms with Crippen molar-refractivity contribution in [2.24, 2.45) is 0 Å². The van der Waals surface area contributed by atoms with E-state index in [2.05, 4.69) is 0 Å². The molecule has 0 saturated heterocycles. The fraction of sp³-hybridized carbons (Fsp3) is 1.00. The summed E-state index contributed by atoms with van der Waals surface area (Å²) in [5.74, 6) is 0. The Hall–Kier alpha value is 0.344. The number of hydrogen-bond donors (Lipinski definition) is 0. The number of rotatable bonds is 2. The summed E-state index contributed by atoms with van der Waals surface area (Å²) >= 11 is 0. The number of hydrogen-bond acceptors (Lipinski definition) is 3. The molecule has 0 aliphatic rings. The van der Waals surface area contributed by atoms with Gasteiger partial charge in [-0.1, -0.05) is 0 Å². The summed E-state index contributed by atoms with van der Waals surface area (Å²) in [5, 5.41) is 0. The molecule has 0 amide bonds. The van der Waals surface area contributed by atoms with Crippen LogP contribution in [0.25, 0.3) is 0 Å². The van der Waals surface area contributed by atoms with Gasteiger partial charge in [-0.25, -0.2) is 8.42 Å². The summed E-state index contributed by atoms with van der Waals surface area (Å²) in [7, 11) is -1.71. The van der Waals surface area contributed by atoms with E-state index < -0.39 is 8.74 Å². The second kappa shape index (κ2) is 7.45. The van der Waals surface area contributed by atoms with Gasteiger partial charge in [-0.2, -0.15) is 0 Å². The molecule has 0 N–H and O–H groups in total. The minimum Gasteiger partial charge on any atom is -0.382 e. The molecule has 0 fully saturated rings. The second-order valence-corrected chi connectivity index (χ2v) is 18.0. The van der Waals surface area contributed by atoms with E-state index in [9.17, 15) is 8.42 Å². The first kappa shape index (κ1) is 13.0. The van der Waals surface area contributed by atoms with Gasteiger partial charge in [-0.05, 0) is 13.8 Å². The van der Waals surface area contributed by atoms with E-state index in [4.69, 9.17) is 4.74 Å². The van der Waals surface area contributed by atoms with Gasteiger partial charge < -0.3 is 4.74 Å². The molecule has 6 heteroatoms. The molecule has 0 aromatic carbocycles. The van der Waals surface area contributed by atoms with Crippen LogP contribution in [0.2, 0.25) is 0 Å². The molecule has 0 aromatic rings. The third-order valence-electron chi connectivity index (χ3n) is 0.408. The van der Waals surface area contributed by atoms with E-state index in [1.165, 1.54) is 0 Å². The molecule has 10 heavy (non-hydrogen) atoms. The highest BCUT2D eigenvalue weighted by molar-refractivity contribution is 8.29. The van der Waals surface area contributed by atoms with Gasteiger partial charge in [-0.3, -0.25) is 0 Å². The Kier molecular flexibility index (Phi) is 9.66. The van der Waals surface area contributed by atoms with Gasteiger partial charge in [0.15, 0.2) is 0 Å². The van der Waals surface area contributed by atoms with Crippen LogP contribution in [0.1, 0.15) is 13.8 Å². The van der Waals surface area contributed by atoms with Gasteiger partial charge >= 0.3 is 0 Å². The predicted molar refractivity (Wildman–Crippen MR) is 51.0 cm³/mol. The lowest BCUT2D eigenvalue weighted by atomic mass is 10.8. The van der Waals surface area contributed by atoms with Crippen molar-refractivity contribution in [2.45, 2.75) is 13.8 Å². The second-order valence-electron chi connectivity index (χ2n) is 1.92. The van der Waals surface area contributed by atoms with Gasteiger partial charge in [0.1, 0.15) is 18.8 Å². The van der Waals surface area contributed by atoms with Crippen molar-refractivity contribution in [3.05, 3.63) is 0 Å².